The summed E-state index contributed by atoms with van der Waals surface area (Å²) >= 11 is 0. The Morgan fingerprint density at radius 1 is 1.08 bits per heavy atom. The average molecular weight is 182 g/mol. The highest BCUT2D eigenvalue weighted by atomic mass is 16.5. The van der Waals surface area contributed by atoms with Crippen molar-refractivity contribution in [3.05, 3.63) is 12.7 Å². The zero-order valence-electron chi connectivity index (χ0n) is 8.08. The summed E-state index contributed by atoms with van der Waals surface area (Å²) in [6.45, 7) is 4.72. The van der Waals surface area contributed by atoms with Crippen molar-refractivity contribution in [2.75, 3.05) is 6.61 Å². The molecule has 2 nitrogen and oxygen atoms in total. The number of ether oxygens (including phenoxy) is 2. The van der Waals surface area contributed by atoms with Crippen molar-refractivity contribution in [3.63, 3.8) is 0 Å². The van der Waals surface area contributed by atoms with Crippen molar-refractivity contribution in [2.24, 2.45) is 0 Å². The van der Waals surface area contributed by atoms with E-state index >= 15 is 0 Å². The molecule has 0 aromatic rings. The highest BCUT2D eigenvalue weighted by molar-refractivity contribution is 4.87. The smallest absolute Gasteiger partial charge is 0.0845 e. The van der Waals surface area contributed by atoms with Crippen molar-refractivity contribution in [1.29, 1.82) is 0 Å². The summed E-state index contributed by atoms with van der Waals surface area (Å²) in [6, 6.07) is 0. The molecule has 0 aromatic heterocycles. The van der Waals surface area contributed by atoms with Gasteiger partial charge in [0.1, 0.15) is 0 Å². The van der Waals surface area contributed by atoms with Gasteiger partial charge in [-0.15, -0.1) is 6.58 Å². The normalized spacial score (nSPS) is 40.5. The predicted molar refractivity (Wildman–Crippen MR) is 51.7 cm³/mol. The van der Waals surface area contributed by atoms with Crippen LogP contribution in [0.15, 0.2) is 12.7 Å². The molecule has 0 amide bonds. The van der Waals surface area contributed by atoms with Gasteiger partial charge in [-0.05, 0) is 32.1 Å². The molecular formula is C11H18O2. The van der Waals surface area contributed by atoms with Gasteiger partial charge < -0.3 is 9.47 Å². The van der Waals surface area contributed by atoms with Crippen LogP contribution in [0.4, 0.5) is 0 Å². The quantitative estimate of drug-likeness (QED) is 0.579. The lowest BCUT2D eigenvalue weighted by molar-refractivity contribution is -0.110. The molecule has 2 aliphatic heterocycles. The molecule has 3 atom stereocenters. The minimum Gasteiger partial charge on any atom is -0.376 e. The molecule has 0 unspecified atom stereocenters. The molecule has 0 spiro atoms. The lowest BCUT2D eigenvalue weighted by Gasteiger charge is -2.30. The van der Waals surface area contributed by atoms with E-state index in [2.05, 4.69) is 6.58 Å². The van der Waals surface area contributed by atoms with E-state index in [-0.39, 0.29) is 6.10 Å². The second-order valence-corrected chi connectivity index (χ2v) is 3.93. The first-order valence-corrected chi connectivity index (χ1v) is 5.30. The van der Waals surface area contributed by atoms with Crippen LogP contribution in [0.1, 0.15) is 32.1 Å². The number of hydrogen-bond donors (Lipinski definition) is 0. The lowest BCUT2D eigenvalue weighted by atomic mass is 10.0. The van der Waals surface area contributed by atoms with Crippen molar-refractivity contribution >= 4 is 0 Å². The summed E-state index contributed by atoms with van der Waals surface area (Å²) < 4.78 is 11.6. The Bertz CT molecular complexity index is 179. The number of rotatable bonds is 1. The zero-order chi connectivity index (χ0) is 9.10. The summed E-state index contributed by atoms with van der Waals surface area (Å²) in [4.78, 5) is 0. The summed E-state index contributed by atoms with van der Waals surface area (Å²) in [7, 11) is 0. The molecular weight excluding hydrogens is 164 g/mol. The summed E-state index contributed by atoms with van der Waals surface area (Å²) in [5.74, 6) is 0. The molecule has 0 bridgehead atoms. The van der Waals surface area contributed by atoms with Crippen molar-refractivity contribution in [1.82, 2.24) is 0 Å². The van der Waals surface area contributed by atoms with Gasteiger partial charge in [0.25, 0.3) is 0 Å². The fourth-order valence-electron chi connectivity index (χ4n) is 2.22. The van der Waals surface area contributed by atoms with Crippen LogP contribution in [0.2, 0.25) is 0 Å². The first-order chi connectivity index (χ1) is 6.40. The highest BCUT2D eigenvalue weighted by Gasteiger charge is 2.30. The third kappa shape index (κ3) is 2.12. The third-order valence-electron chi connectivity index (χ3n) is 2.97. The van der Waals surface area contributed by atoms with Gasteiger partial charge in [-0.3, -0.25) is 0 Å². The number of fused-ring (bicyclic) bond motifs is 1. The lowest BCUT2D eigenvalue weighted by Crippen LogP contribution is -2.36. The van der Waals surface area contributed by atoms with Crippen molar-refractivity contribution < 1.29 is 9.47 Å². The maximum atomic E-state index is 5.92. The molecule has 2 rings (SSSR count). The molecule has 2 fully saturated rings. The monoisotopic (exact) mass is 182 g/mol. The predicted octanol–water partition coefficient (Wildman–Crippen LogP) is 2.29. The van der Waals surface area contributed by atoms with E-state index in [0.717, 1.165) is 32.3 Å². The maximum absolute atomic E-state index is 5.92. The molecule has 74 valence electrons. The first kappa shape index (κ1) is 9.22. The Morgan fingerprint density at radius 2 is 1.92 bits per heavy atom. The minimum atomic E-state index is 0.261. The van der Waals surface area contributed by atoms with Crippen LogP contribution in [-0.2, 0) is 9.47 Å². The standard InChI is InChI=1S/C11H18O2/c1-2-9-5-3-6-10-11(13-9)7-4-8-12-10/h2,9-11H,1,3-8H2/t9-,10-,11+/m0/s1. The van der Waals surface area contributed by atoms with Gasteiger partial charge in [-0.2, -0.15) is 0 Å². The van der Waals surface area contributed by atoms with E-state index in [1.54, 1.807) is 0 Å². The minimum absolute atomic E-state index is 0.261. The van der Waals surface area contributed by atoms with E-state index in [1.165, 1.54) is 6.42 Å². The Labute approximate surface area is 79.9 Å². The SMILES string of the molecule is C=C[C@H]1CCC[C@@H]2OCCC[C@H]2O1. The Morgan fingerprint density at radius 3 is 2.77 bits per heavy atom. The van der Waals surface area contributed by atoms with Crippen molar-refractivity contribution in [2.45, 2.75) is 50.4 Å². The molecule has 2 aliphatic rings. The van der Waals surface area contributed by atoms with E-state index < -0.39 is 0 Å². The molecule has 0 saturated carbocycles. The molecule has 2 saturated heterocycles. The first-order valence-electron chi connectivity index (χ1n) is 5.30. The van der Waals surface area contributed by atoms with Gasteiger partial charge in [0.05, 0.1) is 18.3 Å². The van der Waals surface area contributed by atoms with Crippen molar-refractivity contribution in [3.8, 4) is 0 Å². The third-order valence-corrected chi connectivity index (χ3v) is 2.97. The van der Waals surface area contributed by atoms with Crippen LogP contribution < -0.4 is 0 Å². The van der Waals surface area contributed by atoms with E-state index in [9.17, 15) is 0 Å². The van der Waals surface area contributed by atoms with Gasteiger partial charge in [0.15, 0.2) is 0 Å². The Kier molecular flexibility index (Phi) is 3.01. The fourth-order valence-corrected chi connectivity index (χ4v) is 2.22. The van der Waals surface area contributed by atoms with Crippen LogP contribution in [0.5, 0.6) is 0 Å². The topological polar surface area (TPSA) is 18.5 Å². The van der Waals surface area contributed by atoms with E-state index in [0.29, 0.717) is 12.2 Å². The average Bonchev–Trinajstić information content (AvgIpc) is 2.38. The van der Waals surface area contributed by atoms with Crippen LogP contribution >= 0.6 is 0 Å². The molecule has 0 aliphatic carbocycles. The van der Waals surface area contributed by atoms with Gasteiger partial charge in [-0.25, -0.2) is 0 Å². The van der Waals surface area contributed by atoms with Gasteiger partial charge >= 0.3 is 0 Å². The molecule has 13 heavy (non-hydrogen) atoms. The summed E-state index contributed by atoms with van der Waals surface area (Å²) in [6.07, 6.45) is 8.67. The summed E-state index contributed by atoms with van der Waals surface area (Å²) in [5, 5.41) is 0. The Hall–Kier alpha value is -0.340. The molecule has 2 heteroatoms. The van der Waals surface area contributed by atoms with Gasteiger partial charge in [0, 0.05) is 6.61 Å². The molecule has 0 N–H and O–H groups in total. The largest absolute Gasteiger partial charge is 0.376 e. The van der Waals surface area contributed by atoms with Gasteiger partial charge in [-0.1, -0.05) is 6.08 Å². The van der Waals surface area contributed by atoms with Crippen LogP contribution in [0, 0.1) is 0 Å². The van der Waals surface area contributed by atoms with Crippen LogP contribution in [0.25, 0.3) is 0 Å². The molecule has 0 aromatic carbocycles. The fraction of sp³-hybridized carbons (Fsp3) is 0.818. The maximum Gasteiger partial charge on any atom is 0.0845 e. The number of hydrogen-bond acceptors (Lipinski definition) is 2. The van der Waals surface area contributed by atoms with Crippen LogP contribution in [0.3, 0.4) is 0 Å². The Balaban J connectivity index is 1.98. The van der Waals surface area contributed by atoms with Crippen LogP contribution in [-0.4, -0.2) is 24.9 Å². The second kappa shape index (κ2) is 4.25. The molecule has 0 radical (unpaired) electrons. The summed E-state index contributed by atoms with van der Waals surface area (Å²) in [5.41, 5.74) is 0. The highest BCUT2D eigenvalue weighted by Crippen LogP contribution is 2.27. The van der Waals surface area contributed by atoms with E-state index in [1.807, 2.05) is 6.08 Å². The van der Waals surface area contributed by atoms with Gasteiger partial charge in [0.2, 0.25) is 0 Å². The van der Waals surface area contributed by atoms with E-state index in [4.69, 9.17) is 9.47 Å². The second-order valence-electron chi connectivity index (χ2n) is 3.93. The molecule has 2 heterocycles. The zero-order valence-corrected chi connectivity index (χ0v) is 8.08.